The Kier molecular flexibility index (Phi) is 7.50. The molecule has 220 valence electrons. The first kappa shape index (κ1) is 27.6. The number of fused-ring (bicyclic) bond motifs is 1. The van der Waals surface area contributed by atoms with Crippen LogP contribution in [-0.2, 0) is 9.53 Å². The van der Waals surface area contributed by atoms with Gasteiger partial charge in [-0.15, -0.1) is 0 Å². The number of nitrogens with one attached hydrogen (secondary N) is 3. The Hall–Kier alpha value is -4.52. The number of methoxy groups -OCH3 is 1. The van der Waals surface area contributed by atoms with Crippen molar-refractivity contribution in [3.05, 3.63) is 65.6 Å². The van der Waals surface area contributed by atoms with Gasteiger partial charge >= 0.3 is 0 Å². The molecule has 3 N–H and O–H groups in total. The van der Waals surface area contributed by atoms with Crippen LogP contribution in [0, 0.1) is 12.7 Å². The molecule has 1 saturated carbocycles. The van der Waals surface area contributed by atoms with Crippen molar-refractivity contribution in [2.24, 2.45) is 0 Å². The minimum atomic E-state index is -0.968. The first-order valence-electron chi connectivity index (χ1n) is 14.0. The third kappa shape index (κ3) is 5.51. The van der Waals surface area contributed by atoms with Gasteiger partial charge in [0.05, 0.1) is 24.1 Å². The lowest BCUT2D eigenvalue weighted by Gasteiger charge is -2.38. The predicted octanol–water partition coefficient (Wildman–Crippen LogP) is 4.27. The molecule has 13 heteroatoms. The molecule has 0 bridgehead atoms. The minimum absolute atomic E-state index is 0.0560. The van der Waals surface area contributed by atoms with Crippen LogP contribution in [0.2, 0.25) is 0 Å². The summed E-state index contributed by atoms with van der Waals surface area (Å²) in [6.45, 7) is 4.74. The maximum absolute atomic E-state index is 13.6. The number of H-pyrrole nitrogens is 1. The van der Waals surface area contributed by atoms with Gasteiger partial charge in [-0.3, -0.25) is 9.89 Å². The number of amides is 1. The zero-order chi connectivity index (χ0) is 29.3. The topological polar surface area (TPSA) is 141 Å². The van der Waals surface area contributed by atoms with Crippen LogP contribution >= 0.6 is 0 Å². The van der Waals surface area contributed by atoms with E-state index < -0.39 is 11.4 Å². The lowest BCUT2D eigenvalue weighted by atomic mass is 9.76. The van der Waals surface area contributed by atoms with Crippen LogP contribution in [0.4, 0.5) is 16.0 Å². The van der Waals surface area contributed by atoms with Crippen molar-refractivity contribution in [1.29, 1.82) is 0 Å². The van der Waals surface area contributed by atoms with Gasteiger partial charge in [0.1, 0.15) is 24.6 Å². The maximum atomic E-state index is 13.6. The summed E-state index contributed by atoms with van der Waals surface area (Å²) in [5.41, 5.74) is 1.59. The molecule has 0 saturated heterocycles. The lowest BCUT2D eigenvalue weighted by molar-refractivity contribution is -0.148. The molecule has 1 atom stereocenters. The van der Waals surface area contributed by atoms with E-state index in [9.17, 15) is 9.18 Å². The number of pyridine rings is 2. The zero-order valence-electron chi connectivity index (χ0n) is 23.7. The SMILES string of the molecule is COC1(C(=O)N[C@@H](C)c2ccc(-n3cc(F)cn3)nc2)CCC(c2nc(Nc3cc(C)[nH]n3)cc3c2OCCO3)CC1. The van der Waals surface area contributed by atoms with Crippen LogP contribution in [0.1, 0.15) is 61.5 Å². The molecule has 0 aromatic carbocycles. The second-order valence-electron chi connectivity index (χ2n) is 10.7. The number of halogens is 1. The molecule has 1 fully saturated rings. The van der Waals surface area contributed by atoms with Crippen LogP contribution < -0.4 is 20.1 Å². The van der Waals surface area contributed by atoms with Crippen molar-refractivity contribution in [1.82, 2.24) is 35.3 Å². The summed E-state index contributed by atoms with van der Waals surface area (Å²) in [6.07, 6.45) is 6.42. The molecule has 1 aliphatic carbocycles. The molecule has 2 aliphatic rings. The lowest BCUT2D eigenvalue weighted by Crippen LogP contribution is -2.50. The highest BCUT2D eigenvalue weighted by Gasteiger charge is 2.44. The summed E-state index contributed by atoms with van der Waals surface area (Å²) in [7, 11) is 1.58. The van der Waals surface area contributed by atoms with Crippen LogP contribution in [-0.4, -0.2) is 61.8 Å². The highest BCUT2D eigenvalue weighted by Crippen LogP contribution is 2.46. The molecule has 4 aromatic rings. The van der Waals surface area contributed by atoms with E-state index in [-0.39, 0.29) is 17.9 Å². The van der Waals surface area contributed by atoms with Crippen molar-refractivity contribution in [3.8, 4) is 17.3 Å². The van der Waals surface area contributed by atoms with Crippen molar-refractivity contribution in [2.75, 3.05) is 25.6 Å². The maximum Gasteiger partial charge on any atom is 0.252 e. The highest BCUT2D eigenvalue weighted by atomic mass is 19.1. The zero-order valence-corrected chi connectivity index (χ0v) is 23.7. The van der Waals surface area contributed by atoms with Gasteiger partial charge in [-0.2, -0.15) is 10.2 Å². The molecular formula is C29H33FN8O4. The van der Waals surface area contributed by atoms with E-state index >= 15 is 0 Å². The van der Waals surface area contributed by atoms with Crippen molar-refractivity contribution in [2.45, 2.75) is 57.1 Å². The first-order chi connectivity index (χ1) is 20.3. The van der Waals surface area contributed by atoms with E-state index in [4.69, 9.17) is 19.2 Å². The molecule has 6 rings (SSSR count). The largest absolute Gasteiger partial charge is 0.486 e. The molecule has 42 heavy (non-hydrogen) atoms. The Balaban J connectivity index is 1.14. The Bertz CT molecular complexity index is 1560. The fourth-order valence-corrected chi connectivity index (χ4v) is 5.54. The monoisotopic (exact) mass is 576 g/mol. The number of ether oxygens (including phenoxy) is 3. The Morgan fingerprint density at radius 3 is 2.67 bits per heavy atom. The molecule has 0 spiro atoms. The number of hydrogen-bond donors (Lipinski definition) is 3. The van der Waals surface area contributed by atoms with Crippen LogP contribution in [0.5, 0.6) is 11.5 Å². The molecule has 0 radical (unpaired) electrons. The number of carbonyl (C=O) groups is 1. The van der Waals surface area contributed by atoms with Crippen molar-refractivity contribution in [3.63, 3.8) is 0 Å². The van der Waals surface area contributed by atoms with Crippen molar-refractivity contribution < 1.29 is 23.4 Å². The average Bonchev–Trinajstić information content (AvgIpc) is 3.64. The number of aromatic amines is 1. The van der Waals surface area contributed by atoms with E-state index in [2.05, 4.69) is 30.9 Å². The Morgan fingerprint density at radius 1 is 1.19 bits per heavy atom. The second kappa shape index (κ2) is 11.4. The van der Waals surface area contributed by atoms with Crippen molar-refractivity contribution >= 4 is 17.5 Å². The molecule has 12 nitrogen and oxygen atoms in total. The number of carbonyl (C=O) groups excluding carboxylic acids is 1. The van der Waals surface area contributed by atoms with Gasteiger partial charge in [-0.1, -0.05) is 6.07 Å². The number of anilines is 2. The summed E-state index contributed by atoms with van der Waals surface area (Å²) in [4.78, 5) is 22.8. The quantitative estimate of drug-likeness (QED) is 0.280. The number of rotatable bonds is 8. The Labute approximate surface area is 242 Å². The smallest absolute Gasteiger partial charge is 0.252 e. The number of aromatic nitrogens is 6. The third-order valence-electron chi connectivity index (χ3n) is 7.90. The standard InChI is InChI=1S/C29H33FN8O4/c1-17-12-24(37-36-17)34-23-13-22-27(42-11-10-41-22)26(35-23)19-6-8-29(40-3,9-7-19)28(39)33-18(2)20-4-5-25(31-14-20)38-16-21(30)15-32-38/h4-5,12-16,18-19H,6-11H2,1-3H3,(H,33,39)(H2,34,35,36,37)/t18-,19?,29?/m0/s1. The summed E-state index contributed by atoms with van der Waals surface area (Å²) < 4.78 is 32.5. The number of aryl methyl sites for hydroxylation is 1. The van der Waals surface area contributed by atoms with Gasteiger partial charge in [0.15, 0.2) is 29.0 Å². The predicted molar refractivity (Wildman–Crippen MR) is 151 cm³/mol. The molecule has 1 aliphatic heterocycles. The first-order valence-corrected chi connectivity index (χ1v) is 14.0. The molecular weight excluding hydrogens is 543 g/mol. The Morgan fingerprint density at radius 2 is 2.00 bits per heavy atom. The van der Waals surface area contributed by atoms with Gasteiger partial charge in [0.25, 0.3) is 5.91 Å². The van der Waals surface area contributed by atoms with Gasteiger partial charge in [-0.25, -0.2) is 19.0 Å². The summed E-state index contributed by atoms with van der Waals surface area (Å²) >= 11 is 0. The van der Waals surface area contributed by atoms with E-state index in [0.29, 0.717) is 67.8 Å². The fourth-order valence-electron chi connectivity index (χ4n) is 5.54. The van der Waals surface area contributed by atoms with E-state index in [0.717, 1.165) is 23.1 Å². The fraction of sp³-hybridized carbons (Fsp3) is 0.414. The van der Waals surface area contributed by atoms with Crippen LogP contribution in [0.15, 0.2) is 42.9 Å². The van der Waals surface area contributed by atoms with Crippen LogP contribution in [0.3, 0.4) is 0 Å². The summed E-state index contributed by atoms with van der Waals surface area (Å²) in [5, 5.41) is 17.4. The van der Waals surface area contributed by atoms with Gasteiger partial charge in [-0.05, 0) is 51.2 Å². The van der Waals surface area contributed by atoms with Gasteiger partial charge < -0.3 is 24.8 Å². The molecule has 1 amide bonds. The average molecular weight is 577 g/mol. The summed E-state index contributed by atoms with van der Waals surface area (Å²) in [5.74, 6) is 2.51. The molecule has 5 heterocycles. The summed E-state index contributed by atoms with van der Waals surface area (Å²) in [6, 6.07) is 6.98. The van der Waals surface area contributed by atoms with Gasteiger partial charge in [0.2, 0.25) is 0 Å². The van der Waals surface area contributed by atoms with E-state index in [1.807, 2.05) is 32.0 Å². The normalized spacial score (nSPS) is 20.6. The number of hydrogen-bond acceptors (Lipinski definition) is 9. The second-order valence-corrected chi connectivity index (χ2v) is 10.7. The van der Waals surface area contributed by atoms with E-state index in [1.54, 1.807) is 19.4 Å². The molecule has 4 aromatic heterocycles. The van der Waals surface area contributed by atoms with Crippen LogP contribution in [0.25, 0.3) is 5.82 Å². The minimum Gasteiger partial charge on any atom is -0.486 e. The van der Waals surface area contributed by atoms with E-state index in [1.165, 1.54) is 10.9 Å². The number of nitrogens with zero attached hydrogens (tertiary/aromatic N) is 5. The third-order valence-corrected chi connectivity index (χ3v) is 7.90. The van der Waals surface area contributed by atoms with Gasteiger partial charge in [0, 0.05) is 37.1 Å². The highest BCUT2D eigenvalue weighted by molar-refractivity contribution is 5.85. The molecule has 0 unspecified atom stereocenters.